The van der Waals surface area contributed by atoms with Crippen molar-refractivity contribution in [3.63, 3.8) is 0 Å². The molecule has 9 aromatic rings. The zero-order valence-corrected chi connectivity index (χ0v) is 26.6. The molecule has 0 N–H and O–H groups in total. The van der Waals surface area contributed by atoms with Gasteiger partial charge in [-0.2, -0.15) is 0 Å². The third-order valence-electron chi connectivity index (χ3n) is 9.84. The fraction of sp³-hybridized carbons (Fsp3) is 0. The third-order valence-corrected chi connectivity index (χ3v) is 9.84. The Morgan fingerprint density at radius 1 is 0.367 bits per heavy atom. The maximum absolute atomic E-state index is 5.08. The van der Waals surface area contributed by atoms with Crippen LogP contribution < -0.4 is 0 Å². The topological polar surface area (TPSA) is 30.7 Å². The fourth-order valence-corrected chi connectivity index (χ4v) is 7.74. The standard InChI is InChI=1S/C46H29N3/c1-4-13-30(14-5-1)34-20-10-21-35(27-34)38-28-48-41(29-47-38)49-39-24-12-23-37-43(32-17-8-3-9-18-32)42(31-15-6-2-7-16-31)36-22-11-19-33-25-26-40(49)46(44(33)36)45(37)39/h1-29H. The summed E-state index contributed by atoms with van der Waals surface area (Å²) < 4.78 is 2.29. The molecule has 0 amide bonds. The SMILES string of the molecule is c1ccc(C2=C(c3ccccc3)c3cccc4c3c3c5c2cccc5ccc3n4-c2cnc(-c3cccc(-c4ccccc4)c3)cn2)cc1. The Morgan fingerprint density at radius 2 is 0.939 bits per heavy atom. The van der Waals surface area contributed by atoms with E-state index in [0.717, 1.165) is 33.7 Å². The number of rotatable bonds is 5. The summed E-state index contributed by atoms with van der Waals surface area (Å²) in [5.41, 5.74) is 13.8. The molecule has 228 valence electrons. The van der Waals surface area contributed by atoms with Crippen molar-refractivity contribution >= 4 is 43.7 Å². The van der Waals surface area contributed by atoms with Crippen LogP contribution in [0.1, 0.15) is 22.3 Å². The predicted molar refractivity (Wildman–Crippen MR) is 203 cm³/mol. The van der Waals surface area contributed by atoms with E-state index in [-0.39, 0.29) is 0 Å². The molecule has 49 heavy (non-hydrogen) atoms. The van der Waals surface area contributed by atoms with Gasteiger partial charge in [0.15, 0.2) is 5.82 Å². The lowest BCUT2D eigenvalue weighted by Crippen LogP contribution is -2.01. The number of hydrogen-bond donors (Lipinski definition) is 0. The second-order valence-electron chi connectivity index (χ2n) is 12.6. The van der Waals surface area contributed by atoms with Gasteiger partial charge in [0.05, 0.1) is 29.1 Å². The highest BCUT2D eigenvalue weighted by Gasteiger charge is 2.28. The predicted octanol–water partition coefficient (Wildman–Crippen LogP) is 11.4. The molecule has 0 unspecified atom stereocenters. The van der Waals surface area contributed by atoms with Gasteiger partial charge in [-0.05, 0) is 73.5 Å². The van der Waals surface area contributed by atoms with Crippen molar-refractivity contribution in [1.82, 2.24) is 14.5 Å². The lowest BCUT2D eigenvalue weighted by molar-refractivity contribution is 1.04. The van der Waals surface area contributed by atoms with E-state index in [1.807, 2.05) is 18.5 Å². The zero-order chi connectivity index (χ0) is 32.3. The van der Waals surface area contributed by atoms with Gasteiger partial charge in [0, 0.05) is 16.3 Å². The normalized spacial score (nSPS) is 12.4. The van der Waals surface area contributed by atoms with E-state index in [1.165, 1.54) is 60.5 Å². The van der Waals surface area contributed by atoms with Gasteiger partial charge in [-0.25, -0.2) is 4.98 Å². The Morgan fingerprint density at radius 3 is 1.61 bits per heavy atom. The van der Waals surface area contributed by atoms with Gasteiger partial charge >= 0.3 is 0 Å². The van der Waals surface area contributed by atoms with Crippen molar-refractivity contribution in [3.05, 3.63) is 198 Å². The molecule has 2 heterocycles. The molecule has 1 aliphatic carbocycles. The second kappa shape index (κ2) is 11.0. The number of nitrogens with zero attached hydrogens (tertiary/aromatic N) is 3. The molecular formula is C46H29N3. The van der Waals surface area contributed by atoms with E-state index in [0.29, 0.717) is 0 Å². The summed E-state index contributed by atoms with van der Waals surface area (Å²) in [6.07, 6.45) is 3.82. The van der Waals surface area contributed by atoms with Crippen molar-refractivity contribution in [2.75, 3.05) is 0 Å². The summed E-state index contributed by atoms with van der Waals surface area (Å²) in [4.78, 5) is 10.1. The van der Waals surface area contributed by atoms with Crippen LogP contribution in [0.3, 0.4) is 0 Å². The van der Waals surface area contributed by atoms with Gasteiger partial charge in [0.1, 0.15) is 0 Å². The zero-order valence-electron chi connectivity index (χ0n) is 26.6. The minimum atomic E-state index is 0.797. The summed E-state index contributed by atoms with van der Waals surface area (Å²) in [6, 6.07) is 58.6. The van der Waals surface area contributed by atoms with E-state index in [1.54, 1.807) is 0 Å². The van der Waals surface area contributed by atoms with Crippen LogP contribution >= 0.6 is 0 Å². The van der Waals surface area contributed by atoms with Crippen LogP contribution in [0.4, 0.5) is 0 Å². The van der Waals surface area contributed by atoms with Gasteiger partial charge < -0.3 is 0 Å². The van der Waals surface area contributed by atoms with Gasteiger partial charge in [-0.1, -0.05) is 146 Å². The Balaban J connectivity index is 1.23. The molecule has 0 saturated heterocycles. The lowest BCUT2D eigenvalue weighted by atomic mass is 9.85. The average molecular weight is 624 g/mol. The second-order valence-corrected chi connectivity index (χ2v) is 12.6. The smallest absolute Gasteiger partial charge is 0.156 e. The highest BCUT2D eigenvalue weighted by molar-refractivity contribution is 6.31. The molecule has 0 spiro atoms. The lowest BCUT2D eigenvalue weighted by Gasteiger charge is -2.19. The van der Waals surface area contributed by atoms with Gasteiger partial charge in [0.25, 0.3) is 0 Å². The van der Waals surface area contributed by atoms with Crippen molar-refractivity contribution in [2.45, 2.75) is 0 Å². The van der Waals surface area contributed by atoms with Crippen LogP contribution in [0, 0.1) is 0 Å². The summed E-state index contributed by atoms with van der Waals surface area (Å²) in [5, 5.41) is 4.98. The Labute approximate surface area is 284 Å². The van der Waals surface area contributed by atoms with E-state index >= 15 is 0 Å². The molecule has 3 heteroatoms. The maximum Gasteiger partial charge on any atom is 0.156 e. The molecule has 2 aromatic heterocycles. The van der Waals surface area contributed by atoms with Gasteiger partial charge in [0.2, 0.25) is 0 Å². The first kappa shape index (κ1) is 27.5. The number of aromatic nitrogens is 3. The first-order valence-corrected chi connectivity index (χ1v) is 16.7. The summed E-state index contributed by atoms with van der Waals surface area (Å²) in [7, 11) is 0. The molecule has 3 nitrogen and oxygen atoms in total. The van der Waals surface area contributed by atoms with E-state index in [2.05, 4.69) is 162 Å². The first-order chi connectivity index (χ1) is 24.3. The van der Waals surface area contributed by atoms with Gasteiger partial charge in [-0.15, -0.1) is 0 Å². The van der Waals surface area contributed by atoms with Crippen molar-refractivity contribution in [2.24, 2.45) is 0 Å². The highest BCUT2D eigenvalue weighted by atomic mass is 15.1. The minimum Gasteiger partial charge on any atom is -0.292 e. The van der Waals surface area contributed by atoms with Crippen LogP contribution in [-0.2, 0) is 0 Å². The van der Waals surface area contributed by atoms with E-state index in [9.17, 15) is 0 Å². The van der Waals surface area contributed by atoms with E-state index < -0.39 is 0 Å². The number of benzene rings is 7. The van der Waals surface area contributed by atoms with Gasteiger partial charge in [-0.3, -0.25) is 9.55 Å². The van der Waals surface area contributed by atoms with Crippen molar-refractivity contribution in [3.8, 4) is 28.2 Å². The average Bonchev–Trinajstić information content (AvgIpc) is 3.46. The van der Waals surface area contributed by atoms with Crippen molar-refractivity contribution in [1.29, 1.82) is 0 Å². The largest absolute Gasteiger partial charge is 0.292 e. The Kier molecular flexibility index (Phi) is 6.18. The number of hydrogen-bond acceptors (Lipinski definition) is 2. The van der Waals surface area contributed by atoms with Crippen LogP contribution in [0.25, 0.3) is 71.9 Å². The van der Waals surface area contributed by atoms with Crippen LogP contribution in [0.15, 0.2) is 176 Å². The van der Waals surface area contributed by atoms with Crippen LogP contribution in [-0.4, -0.2) is 14.5 Å². The Bertz CT molecular complexity index is 2720. The molecule has 0 atom stereocenters. The molecule has 0 saturated carbocycles. The summed E-state index contributed by atoms with van der Waals surface area (Å²) >= 11 is 0. The highest BCUT2D eigenvalue weighted by Crippen LogP contribution is 2.49. The third kappa shape index (κ3) is 4.29. The Hall–Kier alpha value is -6.58. The van der Waals surface area contributed by atoms with Crippen molar-refractivity contribution < 1.29 is 0 Å². The molecular weight excluding hydrogens is 595 g/mol. The molecule has 0 bridgehead atoms. The molecule has 1 aliphatic rings. The first-order valence-electron chi connectivity index (χ1n) is 16.7. The van der Waals surface area contributed by atoms with Crippen LogP contribution in [0.5, 0.6) is 0 Å². The fourth-order valence-electron chi connectivity index (χ4n) is 7.74. The molecule has 0 radical (unpaired) electrons. The van der Waals surface area contributed by atoms with E-state index in [4.69, 9.17) is 9.97 Å². The molecule has 0 aliphatic heterocycles. The van der Waals surface area contributed by atoms with Crippen LogP contribution in [0.2, 0.25) is 0 Å². The quantitative estimate of drug-likeness (QED) is 0.191. The molecule has 10 rings (SSSR count). The maximum atomic E-state index is 5.08. The summed E-state index contributed by atoms with van der Waals surface area (Å²) in [5.74, 6) is 0.797. The minimum absolute atomic E-state index is 0.797. The summed E-state index contributed by atoms with van der Waals surface area (Å²) in [6.45, 7) is 0. The molecule has 0 fully saturated rings. The molecule has 7 aromatic carbocycles. The monoisotopic (exact) mass is 623 g/mol.